The number of halogens is 1. The van der Waals surface area contributed by atoms with Crippen LogP contribution in [-0.4, -0.2) is 43.5 Å². The van der Waals surface area contributed by atoms with Gasteiger partial charge in [0.2, 0.25) is 0 Å². The van der Waals surface area contributed by atoms with Gasteiger partial charge in [-0.05, 0) is 128 Å². The van der Waals surface area contributed by atoms with Gasteiger partial charge in [-0.3, -0.25) is 0 Å². The van der Waals surface area contributed by atoms with E-state index in [9.17, 15) is 14.7 Å². The molecule has 0 atom stereocenters. The number of hydrogen-bond donors (Lipinski definition) is 1. The van der Waals surface area contributed by atoms with E-state index in [0.29, 0.717) is 61.3 Å². The van der Waals surface area contributed by atoms with Gasteiger partial charge in [-0.25, -0.2) is 14.0 Å². The second-order valence-electron chi connectivity index (χ2n) is 14.0. The lowest BCUT2D eigenvalue weighted by Crippen LogP contribution is -2.11. The predicted molar refractivity (Wildman–Crippen MR) is 202 cm³/mol. The summed E-state index contributed by atoms with van der Waals surface area (Å²) in [7, 11) is 0. The summed E-state index contributed by atoms with van der Waals surface area (Å²) in [5, 5.41) is 9.46. The van der Waals surface area contributed by atoms with Crippen molar-refractivity contribution in [3.8, 4) is 28.0 Å². The van der Waals surface area contributed by atoms with Gasteiger partial charge >= 0.3 is 11.9 Å². The van der Waals surface area contributed by atoms with Gasteiger partial charge in [0.05, 0.1) is 19.8 Å². The molecule has 0 amide bonds. The highest BCUT2D eigenvalue weighted by atomic mass is 19.1. The Kier molecular flexibility index (Phi) is 15.0. The summed E-state index contributed by atoms with van der Waals surface area (Å²) in [4.78, 5) is 24.0. The molecule has 0 saturated heterocycles. The Morgan fingerprint density at radius 1 is 0.765 bits per heavy atom. The fraction of sp³-hybridized carbons (Fsp3) is 0.455. The van der Waals surface area contributed by atoms with Crippen molar-refractivity contribution in [3.63, 3.8) is 0 Å². The topological polar surface area (TPSA) is 82.1 Å². The number of benzene rings is 3. The van der Waals surface area contributed by atoms with Crippen LogP contribution in [0.1, 0.15) is 101 Å². The van der Waals surface area contributed by atoms with E-state index in [0.717, 1.165) is 69.9 Å². The number of hydrogen-bond acceptors (Lipinski definition) is 6. The smallest absolute Gasteiger partial charge is 0.333 e. The second kappa shape index (κ2) is 19.4. The maximum absolute atomic E-state index is 15.7. The van der Waals surface area contributed by atoms with Crippen LogP contribution >= 0.6 is 0 Å². The lowest BCUT2D eigenvalue weighted by Gasteiger charge is -2.26. The number of carbonyl (C=O) groups excluding carboxylic acids is 2. The molecule has 51 heavy (non-hydrogen) atoms. The SMILES string of the molecule is C=C(C)C(=O)OCCCc1cc(-c2ccc(-c3ccc(C4CCC(C)CC4)cc3F)cc2CC)cc(CCCOC(=O)C(=C)C)c1OCCCO. The van der Waals surface area contributed by atoms with Crippen LogP contribution in [0.2, 0.25) is 0 Å². The van der Waals surface area contributed by atoms with Gasteiger partial charge in [-0.1, -0.05) is 70.2 Å². The third-order valence-corrected chi connectivity index (χ3v) is 9.72. The van der Waals surface area contributed by atoms with Crippen LogP contribution < -0.4 is 4.74 Å². The highest BCUT2D eigenvalue weighted by Crippen LogP contribution is 2.39. The Morgan fingerprint density at radius 2 is 1.33 bits per heavy atom. The third kappa shape index (κ3) is 11.1. The fourth-order valence-electron chi connectivity index (χ4n) is 6.76. The normalized spacial score (nSPS) is 15.6. The van der Waals surface area contributed by atoms with Crippen molar-refractivity contribution >= 4 is 11.9 Å². The largest absolute Gasteiger partial charge is 0.493 e. The molecule has 6 nitrogen and oxygen atoms in total. The molecule has 0 aliphatic heterocycles. The van der Waals surface area contributed by atoms with Crippen molar-refractivity contribution in [3.05, 3.63) is 101 Å². The van der Waals surface area contributed by atoms with Crippen molar-refractivity contribution in [2.45, 2.75) is 97.8 Å². The van der Waals surface area contributed by atoms with Gasteiger partial charge in [-0.2, -0.15) is 0 Å². The number of aryl methyl sites for hydroxylation is 3. The summed E-state index contributed by atoms with van der Waals surface area (Å²) in [5.41, 5.74) is 8.29. The number of rotatable bonds is 18. The first kappa shape index (κ1) is 39.6. The molecule has 1 N–H and O–H groups in total. The van der Waals surface area contributed by atoms with E-state index in [1.807, 2.05) is 12.1 Å². The maximum atomic E-state index is 15.7. The lowest BCUT2D eigenvalue weighted by molar-refractivity contribution is -0.139. The number of aliphatic hydroxyl groups is 1. The quantitative estimate of drug-likeness (QED) is 0.0809. The minimum Gasteiger partial charge on any atom is -0.493 e. The third-order valence-electron chi connectivity index (χ3n) is 9.72. The first-order valence-corrected chi connectivity index (χ1v) is 18.5. The molecule has 1 fully saturated rings. The van der Waals surface area contributed by atoms with Crippen LogP contribution in [0.15, 0.2) is 72.8 Å². The van der Waals surface area contributed by atoms with E-state index in [2.05, 4.69) is 57.3 Å². The molecule has 0 bridgehead atoms. The summed E-state index contributed by atoms with van der Waals surface area (Å²) < 4.78 is 32.7. The predicted octanol–water partition coefficient (Wildman–Crippen LogP) is 9.88. The molecule has 1 saturated carbocycles. The van der Waals surface area contributed by atoms with Gasteiger partial charge in [-0.15, -0.1) is 0 Å². The van der Waals surface area contributed by atoms with Crippen LogP contribution in [0, 0.1) is 11.7 Å². The van der Waals surface area contributed by atoms with E-state index in [-0.39, 0.29) is 25.6 Å². The van der Waals surface area contributed by atoms with Crippen LogP contribution in [0.3, 0.4) is 0 Å². The number of aliphatic hydroxyl groups excluding tert-OH is 1. The molecule has 3 aromatic carbocycles. The zero-order chi connectivity index (χ0) is 36.9. The number of esters is 2. The van der Waals surface area contributed by atoms with Crippen molar-refractivity contribution in [1.29, 1.82) is 0 Å². The molecule has 4 rings (SSSR count). The minimum absolute atomic E-state index is 0.00580. The molecule has 0 spiro atoms. The molecule has 0 heterocycles. The summed E-state index contributed by atoms with van der Waals surface area (Å²) in [6.07, 6.45) is 8.15. The van der Waals surface area contributed by atoms with Crippen molar-refractivity contribution in [2.24, 2.45) is 5.92 Å². The fourth-order valence-corrected chi connectivity index (χ4v) is 6.76. The van der Waals surface area contributed by atoms with Crippen LogP contribution in [0.4, 0.5) is 4.39 Å². The highest BCUT2D eigenvalue weighted by Gasteiger charge is 2.22. The Morgan fingerprint density at radius 3 is 1.86 bits per heavy atom. The van der Waals surface area contributed by atoms with Crippen molar-refractivity contribution in [1.82, 2.24) is 0 Å². The van der Waals surface area contributed by atoms with Crippen LogP contribution in [0.5, 0.6) is 5.75 Å². The molecule has 3 aromatic rings. The summed E-state index contributed by atoms with van der Waals surface area (Å²) in [5.74, 6) is 0.874. The van der Waals surface area contributed by atoms with E-state index >= 15 is 4.39 Å². The van der Waals surface area contributed by atoms with Gasteiger partial charge in [0, 0.05) is 29.7 Å². The van der Waals surface area contributed by atoms with E-state index in [4.69, 9.17) is 14.2 Å². The molecule has 0 aromatic heterocycles. The average Bonchev–Trinajstić information content (AvgIpc) is 3.12. The maximum Gasteiger partial charge on any atom is 0.333 e. The Bertz CT molecular complexity index is 1630. The Hall–Kier alpha value is -4.23. The second-order valence-corrected chi connectivity index (χ2v) is 14.0. The molecule has 7 heteroatoms. The molecule has 1 aliphatic rings. The standard InChI is InChI=1S/C44H55FO6/c1-7-32-25-35(40-20-17-34(28-41(40)45)33-15-13-31(6)14-16-33)18-19-39(32)38-26-36(11-8-22-50-43(47)29(2)3)42(49-24-10-21-46)37(27-38)12-9-23-51-44(48)30(4)5/h17-20,25-28,31,33,46H,2,4,7-16,21-24H2,1,3,5-6H3. The Balaban J connectivity index is 1.68. The van der Waals surface area contributed by atoms with Gasteiger partial charge in [0.25, 0.3) is 0 Å². The van der Waals surface area contributed by atoms with E-state index in [1.165, 1.54) is 12.8 Å². The zero-order valence-corrected chi connectivity index (χ0v) is 31.0. The average molecular weight is 699 g/mol. The zero-order valence-electron chi connectivity index (χ0n) is 31.0. The highest BCUT2D eigenvalue weighted by molar-refractivity contribution is 5.87. The molecule has 0 unspecified atom stereocenters. The molecule has 1 aliphatic carbocycles. The lowest BCUT2D eigenvalue weighted by atomic mass is 9.79. The van der Waals surface area contributed by atoms with Gasteiger partial charge in [0.1, 0.15) is 11.6 Å². The van der Waals surface area contributed by atoms with Crippen LogP contribution in [-0.2, 0) is 38.3 Å². The van der Waals surface area contributed by atoms with Crippen LogP contribution in [0.25, 0.3) is 22.3 Å². The number of ether oxygens (including phenoxy) is 3. The Labute approximate surface area is 303 Å². The van der Waals surface area contributed by atoms with Crippen molar-refractivity contribution < 1.29 is 33.3 Å². The summed E-state index contributed by atoms with van der Waals surface area (Å²) >= 11 is 0. The van der Waals surface area contributed by atoms with Crippen molar-refractivity contribution in [2.75, 3.05) is 26.4 Å². The molecular weight excluding hydrogens is 643 g/mol. The summed E-state index contributed by atoms with van der Waals surface area (Å²) in [6, 6.07) is 16.2. The minimum atomic E-state index is -0.421. The van der Waals surface area contributed by atoms with Gasteiger partial charge < -0.3 is 19.3 Å². The molecular formula is C44H55FO6. The molecule has 0 radical (unpaired) electrons. The number of carbonyl (C=O) groups is 2. The monoisotopic (exact) mass is 698 g/mol. The van der Waals surface area contributed by atoms with Gasteiger partial charge in [0.15, 0.2) is 0 Å². The first-order valence-electron chi connectivity index (χ1n) is 18.5. The van der Waals surface area contributed by atoms with E-state index in [1.54, 1.807) is 19.9 Å². The van der Waals surface area contributed by atoms with E-state index < -0.39 is 11.9 Å². The summed E-state index contributed by atoms with van der Waals surface area (Å²) in [6.45, 7) is 15.8. The first-order chi connectivity index (χ1) is 24.5. The molecule has 274 valence electrons.